The van der Waals surface area contributed by atoms with Crippen LogP contribution < -0.4 is 10.1 Å². The zero-order valence-corrected chi connectivity index (χ0v) is 10.4. The number of aryl methyl sites for hydroxylation is 1. The highest BCUT2D eigenvalue weighted by atomic mass is 32.2. The van der Waals surface area contributed by atoms with Crippen molar-refractivity contribution in [2.45, 2.75) is 24.0 Å². The summed E-state index contributed by atoms with van der Waals surface area (Å²) in [6.45, 7) is 3.94. The van der Waals surface area contributed by atoms with Gasteiger partial charge in [0.15, 0.2) is 9.84 Å². The minimum Gasteiger partial charge on any atom is -0.495 e. The monoisotopic (exact) mass is 241 g/mol. The van der Waals surface area contributed by atoms with E-state index in [1.54, 1.807) is 26.0 Å². The number of benzene rings is 1. The van der Waals surface area contributed by atoms with E-state index < -0.39 is 15.1 Å². The quantitative estimate of drug-likeness (QED) is 0.811. The molecule has 16 heavy (non-hydrogen) atoms. The van der Waals surface area contributed by atoms with Gasteiger partial charge < -0.3 is 10.1 Å². The lowest BCUT2D eigenvalue weighted by Crippen LogP contribution is -2.32. The highest BCUT2D eigenvalue weighted by Crippen LogP contribution is 2.38. The third kappa shape index (κ3) is 1.46. The first kappa shape index (κ1) is 11.3. The predicted octanol–water partition coefficient (Wildman–Crippen LogP) is 1.59. The summed E-state index contributed by atoms with van der Waals surface area (Å²) in [5.41, 5.74) is 1.36. The van der Waals surface area contributed by atoms with Gasteiger partial charge in [0.1, 0.15) is 5.75 Å². The Kier molecular flexibility index (Phi) is 2.58. The molecule has 0 bridgehead atoms. The number of ether oxygens (including phenoxy) is 1. The number of anilines is 1. The number of nitrogens with one attached hydrogen (secondary N) is 1. The molecule has 1 aromatic rings. The molecule has 0 saturated carbocycles. The van der Waals surface area contributed by atoms with Gasteiger partial charge in [-0.3, -0.25) is 0 Å². The molecule has 0 aliphatic carbocycles. The van der Waals surface area contributed by atoms with Crippen LogP contribution in [0, 0.1) is 6.92 Å². The van der Waals surface area contributed by atoms with Gasteiger partial charge in [0.05, 0.1) is 22.9 Å². The number of rotatable bonds is 1. The highest BCUT2D eigenvalue weighted by Gasteiger charge is 2.33. The first-order valence-corrected chi connectivity index (χ1v) is 6.68. The van der Waals surface area contributed by atoms with Crippen LogP contribution in [0.3, 0.4) is 0 Å². The smallest absolute Gasteiger partial charge is 0.185 e. The van der Waals surface area contributed by atoms with Crippen LogP contribution >= 0.6 is 0 Å². The van der Waals surface area contributed by atoms with Gasteiger partial charge in [-0.05, 0) is 25.5 Å². The molecule has 1 N–H and O–H groups in total. The Morgan fingerprint density at radius 1 is 1.44 bits per heavy atom. The van der Waals surface area contributed by atoms with Gasteiger partial charge in [0.25, 0.3) is 0 Å². The lowest BCUT2D eigenvalue weighted by atomic mass is 10.2. The molecular weight excluding hydrogens is 226 g/mol. The van der Waals surface area contributed by atoms with E-state index >= 15 is 0 Å². The summed E-state index contributed by atoms with van der Waals surface area (Å²) in [5, 5.41) is 2.73. The zero-order valence-electron chi connectivity index (χ0n) is 9.57. The molecular formula is C11H15NO3S. The summed E-state index contributed by atoms with van der Waals surface area (Å²) in [7, 11) is -1.69. The number of fused-ring (bicyclic) bond motifs is 1. The summed E-state index contributed by atoms with van der Waals surface area (Å²) < 4.78 is 29.6. The third-order valence-electron chi connectivity index (χ3n) is 2.92. The molecule has 2 rings (SSSR count). The van der Waals surface area contributed by atoms with Gasteiger partial charge in [0.2, 0.25) is 0 Å². The van der Waals surface area contributed by atoms with Crippen LogP contribution in [0.5, 0.6) is 5.75 Å². The number of methoxy groups -OCH3 is 1. The Bertz CT molecular complexity index is 522. The van der Waals surface area contributed by atoms with E-state index in [4.69, 9.17) is 4.74 Å². The minimum atomic E-state index is -3.23. The summed E-state index contributed by atoms with van der Waals surface area (Å²) in [5.74, 6) is 0.580. The second-order valence-corrected chi connectivity index (χ2v) is 6.33. The average molecular weight is 241 g/mol. The maximum absolute atomic E-state index is 12.2. The molecule has 1 heterocycles. The fourth-order valence-electron chi connectivity index (χ4n) is 1.93. The van der Waals surface area contributed by atoms with Crippen molar-refractivity contribution in [3.05, 3.63) is 17.7 Å². The topological polar surface area (TPSA) is 55.4 Å². The molecule has 0 radical (unpaired) electrons. The lowest BCUT2D eigenvalue weighted by molar-refractivity contribution is 0.414. The molecule has 1 aromatic carbocycles. The molecule has 1 atom stereocenters. The largest absolute Gasteiger partial charge is 0.495 e. The number of hydrogen-bond acceptors (Lipinski definition) is 4. The van der Waals surface area contributed by atoms with Crippen LogP contribution in [-0.4, -0.2) is 27.3 Å². The standard InChI is InChI=1S/C11H15NO3S/c1-7-4-5-9(15-3)10-11(7)16(13,14)8(2)6-12-10/h4-5,8,12H,6H2,1-3H3. The van der Waals surface area contributed by atoms with Gasteiger partial charge in [-0.1, -0.05) is 6.07 Å². The van der Waals surface area contributed by atoms with Crippen molar-refractivity contribution in [3.63, 3.8) is 0 Å². The van der Waals surface area contributed by atoms with E-state index in [0.29, 0.717) is 22.9 Å². The van der Waals surface area contributed by atoms with Crippen molar-refractivity contribution < 1.29 is 13.2 Å². The van der Waals surface area contributed by atoms with Crippen LogP contribution in [0.2, 0.25) is 0 Å². The average Bonchev–Trinajstić information content (AvgIpc) is 2.23. The van der Waals surface area contributed by atoms with Gasteiger partial charge >= 0.3 is 0 Å². The summed E-state index contributed by atoms with van der Waals surface area (Å²) in [6, 6.07) is 3.56. The van der Waals surface area contributed by atoms with Gasteiger partial charge in [-0.15, -0.1) is 0 Å². The van der Waals surface area contributed by atoms with Crippen molar-refractivity contribution >= 4 is 15.5 Å². The van der Waals surface area contributed by atoms with Crippen molar-refractivity contribution in [3.8, 4) is 5.75 Å². The first-order chi connectivity index (χ1) is 7.48. The van der Waals surface area contributed by atoms with Crippen LogP contribution in [0.1, 0.15) is 12.5 Å². The van der Waals surface area contributed by atoms with E-state index in [-0.39, 0.29) is 0 Å². The first-order valence-electron chi connectivity index (χ1n) is 5.14. The molecule has 0 fully saturated rings. The zero-order chi connectivity index (χ0) is 11.9. The Morgan fingerprint density at radius 3 is 2.75 bits per heavy atom. The Morgan fingerprint density at radius 2 is 2.12 bits per heavy atom. The van der Waals surface area contributed by atoms with Gasteiger partial charge in [-0.25, -0.2) is 8.42 Å². The molecule has 0 saturated heterocycles. The fourth-order valence-corrected chi connectivity index (χ4v) is 3.61. The van der Waals surface area contributed by atoms with E-state index in [9.17, 15) is 8.42 Å². The molecule has 1 aliphatic heterocycles. The van der Waals surface area contributed by atoms with Crippen molar-refractivity contribution in [2.24, 2.45) is 0 Å². The SMILES string of the molecule is COc1ccc(C)c2c1NCC(C)S2(=O)=O. The molecule has 5 heteroatoms. The van der Waals surface area contributed by atoms with Crippen LogP contribution in [-0.2, 0) is 9.84 Å². The maximum Gasteiger partial charge on any atom is 0.185 e. The third-order valence-corrected chi connectivity index (χ3v) is 5.24. The Hall–Kier alpha value is -1.23. The summed E-state index contributed by atoms with van der Waals surface area (Å²) in [4.78, 5) is 0.380. The van der Waals surface area contributed by atoms with E-state index in [1.165, 1.54) is 7.11 Å². The second-order valence-electron chi connectivity index (χ2n) is 4.03. The van der Waals surface area contributed by atoms with Gasteiger partial charge in [0, 0.05) is 6.54 Å². The second kappa shape index (κ2) is 3.66. The van der Waals surface area contributed by atoms with E-state index in [1.807, 2.05) is 0 Å². The van der Waals surface area contributed by atoms with E-state index in [2.05, 4.69) is 5.32 Å². The lowest BCUT2D eigenvalue weighted by Gasteiger charge is -2.26. The minimum absolute atomic E-state index is 0.380. The van der Waals surface area contributed by atoms with Crippen LogP contribution in [0.15, 0.2) is 17.0 Å². The Labute approximate surface area is 95.5 Å². The maximum atomic E-state index is 12.2. The fraction of sp³-hybridized carbons (Fsp3) is 0.455. The summed E-state index contributed by atoms with van der Waals surface area (Å²) in [6.07, 6.45) is 0. The van der Waals surface area contributed by atoms with Crippen molar-refractivity contribution in [1.29, 1.82) is 0 Å². The van der Waals surface area contributed by atoms with Gasteiger partial charge in [-0.2, -0.15) is 0 Å². The van der Waals surface area contributed by atoms with Crippen molar-refractivity contribution in [1.82, 2.24) is 0 Å². The van der Waals surface area contributed by atoms with Crippen molar-refractivity contribution in [2.75, 3.05) is 19.0 Å². The molecule has 0 aromatic heterocycles. The molecule has 0 amide bonds. The number of hydrogen-bond donors (Lipinski definition) is 1. The summed E-state index contributed by atoms with van der Waals surface area (Å²) >= 11 is 0. The highest BCUT2D eigenvalue weighted by molar-refractivity contribution is 7.92. The van der Waals surface area contributed by atoms with Crippen LogP contribution in [0.4, 0.5) is 5.69 Å². The Balaban J connectivity index is 2.76. The molecule has 4 nitrogen and oxygen atoms in total. The molecule has 1 aliphatic rings. The normalized spacial score (nSPS) is 22.1. The molecule has 88 valence electrons. The molecule has 1 unspecified atom stereocenters. The number of sulfone groups is 1. The van der Waals surface area contributed by atoms with E-state index in [0.717, 1.165) is 5.56 Å². The van der Waals surface area contributed by atoms with Crippen LogP contribution in [0.25, 0.3) is 0 Å². The predicted molar refractivity (Wildman–Crippen MR) is 62.9 cm³/mol. The molecule has 0 spiro atoms.